The fourth-order valence-corrected chi connectivity index (χ4v) is 5.16. The van der Waals surface area contributed by atoms with Crippen LogP contribution in [-0.4, -0.2) is 49.8 Å². The molecule has 32 heavy (non-hydrogen) atoms. The van der Waals surface area contributed by atoms with Gasteiger partial charge in [0.05, 0.1) is 0 Å². The average molecular weight is 437 g/mol. The van der Waals surface area contributed by atoms with E-state index in [0.717, 1.165) is 45.2 Å². The molecule has 0 aliphatic carbocycles. The van der Waals surface area contributed by atoms with Crippen molar-refractivity contribution in [2.75, 3.05) is 31.1 Å². The van der Waals surface area contributed by atoms with Crippen molar-refractivity contribution in [3.8, 4) is 0 Å². The number of aromatic nitrogens is 4. The maximum Gasteiger partial charge on any atom is 0.332 e. The number of piperidine rings is 1. The van der Waals surface area contributed by atoms with Crippen molar-refractivity contribution in [3.63, 3.8) is 0 Å². The van der Waals surface area contributed by atoms with Crippen LogP contribution in [0.3, 0.4) is 0 Å². The molecule has 1 fully saturated rings. The Morgan fingerprint density at radius 1 is 1.00 bits per heavy atom. The molecule has 4 heterocycles. The van der Waals surface area contributed by atoms with Gasteiger partial charge in [-0.05, 0) is 37.4 Å². The van der Waals surface area contributed by atoms with Gasteiger partial charge in [0.25, 0.3) is 5.56 Å². The lowest BCUT2D eigenvalue weighted by molar-refractivity contribution is 0.218. The average Bonchev–Trinajstić information content (AvgIpc) is 3.19. The lowest BCUT2D eigenvalue weighted by atomic mass is 10.1. The monoisotopic (exact) mass is 436 g/mol. The molecule has 0 unspecified atom stereocenters. The molecule has 8 nitrogen and oxygen atoms in total. The van der Waals surface area contributed by atoms with Gasteiger partial charge in [-0.15, -0.1) is 0 Å². The number of imidazole rings is 1. The number of rotatable bonds is 5. The van der Waals surface area contributed by atoms with Crippen LogP contribution in [0.2, 0.25) is 0 Å². The highest BCUT2D eigenvalue weighted by atomic mass is 16.2. The number of nitrogens with zero attached hydrogens (tertiary/aromatic N) is 6. The molecule has 2 aliphatic rings. The predicted molar refractivity (Wildman–Crippen MR) is 126 cm³/mol. The number of likely N-dealkylation sites (tertiary alicyclic amines) is 1. The molecule has 1 aromatic carbocycles. The highest BCUT2D eigenvalue weighted by molar-refractivity contribution is 5.75. The van der Waals surface area contributed by atoms with Crippen molar-refractivity contribution in [2.45, 2.75) is 45.8 Å². The fraction of sp³-hybridized carbons (Fsp3) is 0.542. The molecule has 3 aromatic rings. The van der Waals surface area contributed by atoms with Crippen molar-refractivity contribution >= 4 is 17.1 Å². The normalized spacial score (nSPS) is 19.4. The molecule has 2 aromatic heterocycles. The minimum Gasteiger partial charge on any atom is -0.338 e. The van der Waals surface area contributed by atoms with Crippen molar-refractivity contribution in [1.29, 1.82) is 0 Å². The third-order valence-corrected chi connectivity index (χ3v) is 6.83. The Bertz CT molecular complexity index is 1220. The van der Waals surface area contributed by atoms with Crippen molar-refractivity contribution in [3.05, 3.63) is 56.7 Å². The zero-order valence-electron chi connectivity index (χ0n) is 19.0. The SMILES string of the molecule is C[C@H]1CN(Cc2ccccc2)c2nc3c(c(=O)n(CCN4CCCCC4)c(=O)n3C)n2C1. The summed E-state index contributed by atoms with van der Waals surface area (Å²) >= 11 is 0. The molecule has 0 N–H and O–H groups in total. The van der Waals surface area contributed by atoms with E-state index < -0.39 is 0 Å². The molecule has 1 saturated heterocycles. The Hall–Kier alpha value is -2.87. The summed E-state index contributed by atoms with van der Waals surface area (Å²) in [6.07, 6.45) is 3.65. The minimum absolute atomic E-state index is 0.215. The highest BCUT2D eigenvalue weighted by Crippen LogP contribution is 2.28. The molecule has 0 saturated carbocycles. The van der Waals surface area contributed by atoms with Crippen LogP contribution < -0.4 is 16.1 Å². The summed E-state index contributed by atoms with van der Waals surface area (Å²) in [6.45, 7) is 7.78. The van der Waals surface area contributed by atoms with Crippen LogP contribution in [-0.2, 0) is 26.7 Å². The van der Waals surface area contributed by atoms with Crippen LogP contribution in [0.5, 0.6) is 0 Å². The van der Waals surface area contributed by atoms with E-state index in [2.05, 4.69) is 28.9 Å². The third-order valence-electron chi connectivity index (χ3n) is 6.83. The van der Waals surface area contributed by atoms with Crippen LogP contribution in [0.25, 0.3) is 11.2 Å². The first-order valence-corrected chi connectivity index (χ1v) is 11.7. The minimum atomic E-state index is -0.280. The smallest absolute Gasteiger partial charge is 0.332 e. The summed E-state index contributed by atoms with van der Waals surface area (Å²) in [5.74, 6) is 1.16. The molecular formula is C24H32N6O2. The van der Waals surface area contributed by atoms with Crippen molar-refractivity contribution in [2.24, 2.45) is 13.0 Å². The van der Waals surface area contributed by atoms with Gasteiger partial charge in [-0.2, -0.15) is 4.98 Å². The Labute approximate surface area is 187 Å². The maximum atomic E-state index is 13.5. The molecular weight excluding hydrogens is 404 g/mol. The quantitative estimate of drug-likeness (QED) is 0.612. The summed E-state index contributed by atoms with van der Waals surface area (Å²) < 4.78 is 4.99. The Kier molecular flexibility index (Phi) is 5.63. The number of fused-ring (bicyclic) bond motifs is 3. The summed E-state index contributed by atoms with van der Waals surface area (Å²) in [5.41, 5.74) is 1.74. The number of hydrogen-bond acceptors (Lipinski definition) is 5. The second kappa shape index (κ2) is 8.58. The fourth-order valence-electron chi connectivity index (χ4n) is 5.16. The molecule has 0 amide bonds. The van der Waals surface area contributed by atoms with Crippen molar-refractivity contribution in [1.82, 2.24) is 23.6 Å². The first-order chi connectivity index (χ1) is 15.5. The van der Waals surface area contributed by atoms with Crippen molar-refractivity contribution < 1.29 is 0 Å². The lowest BCUT2D eigenvalue weighted by Crippen LogP contribution is -2.43. The Morgan fingerprint density at radius 2 is 1.75 bits per heavy atom. The molecule has 2 aliphatic heterocycles. The van der Waals surface area contributed by atoms with E-state index in [1.165, 1.54) is 29.4 Å². The number of aryl methyl sites for hydroxylation is 1. The zero-order valence-corrected chi connectivity index (χ0v) is 19.0. The van der Waals surface area contributed by atoms with Gasteiger partial charge in [-0.1, -0.05) is 43.7 Å². The van der Waals surface area contributed by atoms with Crippen LogP contribution in [0, 0.1) is 5.92 Å². The van der Waals surface area contributed by atoms with Gasteiger partial charge in [0.2, 0.25) is 5.95 Å². The molecule has 1 atom stereocenters. The number of anilines is 1. The summed E-state index contributed by atoms with van der Waals surface area (Å²) in [4.78, 5) is 36.0. The van der Waals surface area contributed by atoms with Gasteiger partial charge in [0.15, 0.2) is 11.2 Å². The first kappa shape index (κ1) is 21.0. The van der Waals surface area contributed by atoms with E-state index in [-0.39, 0.29) is 11.2 Å². The van der Waals surface area contributed by atoms with Gasteiger partial charge in [-0.25, -0.2) is 4.79 Å². The Morgan fingerprint density at radius 3 is 2.50 bits per heavy atom. The van der Waals surface area contributed by atoms with E-state index in [9.17, 15) is 9.59 Å². The van der Waals surface area contributed by atoms with Gasteiger partial charge in [-0.3, -0.25) is 13.9 Å². The van der Waals surface area contributed by atoms with Gasteiger partial charge >= 0.3 is 5.69 Å². The van der Waals surface area contributed by atoms with E-state index in [0.29, 0.717) is 23.6 Å². The van der Waals surface area contributed by atoms with Crippen LogP contribution in [0.15, 0.2) is 39.9 Å². The molecule has 170 valence electrons. The van der Waals surface area contributed by atoms with E-state index in [1.807, 2.05) is 22.8 Å². The zero-order chi connectivity index (χ0) is 22.2. The maximum absolute atomic E-state index is 13.5. The largest absolute Gasteiger partial charge is 0.338 e. The third kappa shape index (κ3) is 3.77. The standard InChI is InChI=1S/C24H32N6O2/c1-18-15-28(17-19-9-5-3-6-10-19)23-25-21-20(30(23)16-18)22(31)29(24(32)26(21)2)14-13-27-11-7-4-8-12-27/h3,5-6,9-10,18H,4,7-8,11-17H2,1-2H3/t18-/m0/s1. The second-order valence-electron chi connectivity index (χ2n) is 9.37. The first-order valence-electron chi connectivity index (χ1n) is 11.7. The molecule has 8 heteroatoms. The van der Waals surface area contributed by atoms with Gasteiger partial charge < -0.3 is 14.4 Å². The highest BCUT2D eigenvalue weighted by Gasteiger charge is 2.29. The van der Waals surface area contributed by atoms with Crippen LogP contribution in [0.1, 0.15) is 31.7 Å². The Balaban J connectivity index is 1.55. The topological polar surface area (TPSA) is 68.3 Å². The summed E-state index contributed by atoms with van der Waals surface area (Å²) in [7, 11) is 1.73. The number of benzene rings is 1. The molecule has 0 bridgehead atoms. The summed E-state index contributed by atoms with van der Waals surface area (Å²) in [6, 6.07) is 10.3. The van der Waals surface area contributed by atoms with E-state index >= 15 is 0 Å². The van der Waals surface area contributed by atoms with E-state index in [1.54, 1.807) is 11.6 Å². The molecule has 0 radical (unpaired) electrons. The number of hydrogen-bond donors (Lipinski definition) is 0. The van der Waals surface area contributed by atoms with Crippen LogP contribution >= 0.6 is 0 Å². The molecule has 0 spiro atoms. The van der Waals surface area contributed by atoms with E-state index in [4.69, 9.17) is 4.98 Å². The lowest BCUT2D eigenvalue weighted by Gasteiger charge is -2.33. The van der Waals surface area contributed by atoms with Crippen LogP contribution in [0.4, 0.5) is 5.95 Å². The predicted octanol–water partition coefficient (Wildman–Crippen LogP) is 2.04. The second-order valence-corrected chi connectivity index (χ2v) is 9.37. The van der Waals surface area contributed by atoms with Gasteiger partial charge in [0.1, 0.15) is 0 Å². The van der Waals surface area contributed by atoms with Gasteiger partial charge in [0, 0.05) is 39.8 Å². The summed E-state index contributed by atoms with van der Waals surface area (Å²) in [5, 5.41) is 0. The molecule has 5 rings (SSSR count).